The Morgan fingerprint density at radius 2 is 1.45 bits per heavy atom. The van der Waals surface area contributed by atoms with Crippen molar-refractivity contribution in [2.24, 2.45) is 17.8 Å². The molecule has 4 saturated carbocycles. The molecule has 2 amide bonds. The summed E-state index contributed by atoms with van der Waals surface area (Å²) in [4.78, 5) is 27.4. The zero-order valence-electron chi connectivity index (χ0n) is 12.5. The van der Waals surface area contributed by atoms with Gasteiger partial charge in [0, 0.05) is 5.69 Å². The third-order valence-electron chi connectivity index (χ3n) is 6.39. The van der Waals surface area contributed by atoms with Crippen LogP contribution in [-0.4, -0.2) is 22.3 Å². The summed E-state index contributed by atoms with van der Waals surface area (Å²) in [5.74, 6) is 1.91. The van der Waals surface area contributed by atoms with Crippen molar-refractivity contribution in [3.05, 3.63) is 29.3 Å². The lowest BCUT2D eigenvalue weighted by Crippen LogP contribution is -2.61. The van der Waals surface area contributed by atoms with E-state index in [0.29, 0.717) is 34.6 Å². The van der Waals surface area contributed by atoms with Crippen molar-refractivity contribution >= 4 is 17.5 Å². The topological polar surface area (TPSA) is 63.4 Å². The first-order valence-electron chi connectivity index (χ1n) is 8.34. The Bertz CT molecular complexity index is 674. The fourth-order valence-corrected chi connectivity index (χ4v) is 6.03. The number of benzene rings is 1. The monoisotopic (exact) mass is 296 g/mol. The maximum absolute atomic E-state index is 12.9. The van der Waals surface area contributed by atoms with Crippen LogP contribution >= 0.6 is 0 Å². The first kappa shape index (κ1) is 12.7. The van der Waals surface area contributed by atoms with Gasteiger partial charge < -0.3 is 5.73 Å². The maximum Gasteiger partial charge on any atom is 0.262 e. The predicted octanol–water partition coefficient (Wildman–Crippen LogP) is 2.83. The molecule has 0 atom stereocenters. The number of hydrogen-bond donors (Lipinski definition) is 1. The van der Waals surface area contributed by atoms with Crippen LogP contribution in [-0.2, 0) is 0 Å². The summed E-state index contributed by atoms with van der Waals surface area (Å²) in [6.45, 7) is 0. The molecule has 22 heavy (non-hydrogen) atoms. The molecule has 5 aliphatic rings. The van der Waals surface area contributed by atoms with E-state index in [1.165, 1.54) is 19.3 Å². The Hall–Kier alpha value is -1.84. The van der Waals surface area contributed by atoms with Gasteiger partial charge in [0.15, 0.2) is 0 Å². The van der Waals surface area contributed by atoms with Crippen molar-refractivity contribution in [3.63, 3.8) is 0 Å². The minimum atomic E-state index is -0.212. The lowest BCUT2D eigenvalue weighted by Gasteiger charge is -2.59. The van der Waals surface area contributed by atoms with Crippen molar-refractivity contribution in [3.8, 4) is 0 Å². The highest BCUT2D eigenvalue weighted by Crippen LogP contribution is 2.58. The molecule has 2 N–H and O–H groups in total. The number of nitrogen functional groups attached to an aromatic ring is 1. The van der Waals surface area contributed by atoms with Crippen molar-refractivity contribution in [1.82, 2.24) is 4.90 Å². The van der Waals surface area contributed by atoms with Crippen molar-refractivity contribution in [1.29, 1.82) is 0 Å². The van der Waals surface area contributed by atoms with E-state index in [9.17, 15) is 9.59 Å². The molecule has 4 aliphatic carbocycles. The zero-order chi connectivity index (χ0) is 15.1. The highest BCUT2D eigenvalue weighted by atomic mass is 16.2. The molecule has 0 radical (unpaired) electrons. The Kier molecular flexibility index (Phi) is 2.26. The molecular weight excluding hydrogens is 276 g/mol. The van der Waals surface area contributed by atoms with E-state index in [2.05, 4.69) is 0 Å². The number of amides is 2. The van der Waals surface area contributed by atoms with E-state index in [4.69, 9.17) is 5.73 Å². The number of imide groups is 1. The van der Waals surface area contributed by atoms with E-state index < -0.39 is 0 Å². The van der Waals surface area contributed by atoms with Gasteiger partial charge in [-0.2, -0.15) is 0 Å². The molecule has 1 heterocycles. The molecule has 6 rings (SSSR count). The quantitative estimate of drug-likeness (QED) is 0.640. The third kappa shape index (κ3) is 1.48. The third-order valence-corrected chi connectivity index (χ3v) is 6.39. The lowest BCUT2D eigenvalue weighted by molar-refractivity contribution is -0.0620. The molecule has 114 valence electrons. The molecule has 0 spiro atoms. The second kappa shape index (κ2) is 3.92. The summed E-state index contributed by atoms with van der Waals surface area (Å²) in [6, 6.07) is 5.09. The van der Waals surface area contributed by atoms with E-state index in [1.54, 1.807) is 23.1 Å². The summed E-state index contributed by atoms with van der Waals surface area (Å²) >= 11 is 0. The number of carbonyl (C=O) groups excluding carboxylic acids is 2. The van der Waals surface area contributed by atoms with Gasteiger partial charge in [0.05, 0.1) is 16.7 Å². The summed E-state index contributed by atoms with van der Waals surface area (Å²) in [5.41, 5.74) is 7.18. The van der Waals surface area contributed by atoms with Gasteiger partial charge in [-0.3, -0.25) is 14.5 Å². The van der Waals surface area contributed by atoms with Gasteiger partial charge in [-0.1, -0.05) is 0 Å². The first-order valence-corrected chi connectivity index (χ1v) is 8.34. The number of anilines is 1. The Labute approximate surface area is 129 Å². The van der Waals surface area contributed by atoms with Gasteiger partial charge in [0.1, 0.15) is 0 Å². The van der Waals surface area contributed by atoms with Crippen LogP contribution in [0, 0.1) is 17.8 Å². The molecule has 4 nitrogen and oxygen atoms in total. The normalized spacial score (nSPS) is 38.7. The van der Waals surface area contributed by atoms with Gasteiger partial charge in [0.2, 0.25) is 0 Å². The molecule has 1 aromatic rings. The average Bonchev–Trinajstić information content (AvgIpc) is 2.69. The van der Waals surface area contributed by atoms with Crippen LogP contribution < -0.4 is 5.73 Å². The second-order valence-corrected chi connectivity index (χ2v) is 7.89. The fraction of sp³-hybridized carbons (Fsp3) is 0.556. The van der Waals surface area contributed by atoms with Crippen LogP contribution in [0.5, 0.6) is 0 Å². The van der Waals surface area contributed by atoms with Crippen LogP contribution in [0.1, 0.15) is 59.2 Å². The Morgan fingerprint density at radius 3 is 2.05 bits per heavy atom. The highest BCUT2D eigenvalue weighted by molar-refractivity contribution is 6.22. The Balaban J connectivity index is 1.59. The average molecular weight is 296 g/mol. The number of hydrogen-bond acceptors (Lipinski definition) is 3. The molecule has 4 heteroatoms. The summed E-state index contributed by atoms with van der Waals surface area (Å²) in [6.07, 6.45) is 6.94. The Morgan fingerprint density at radius 1 is 0.909 bits per heavy atom. The van der Waals surface area contributed by atoms with Crippen LogP contribution in [0.25, 0.3) is 0 Å². The van der Waals surface area contributed by atoms with Crippen LogP contribution in [0.3, 0.4) is 0 Å². The zero-order valence-corrected chi connectivity index (χ0v) is 12.5. The number of nitrogens with two attached hydrogens (primary N) is 1. The first-order chi connectivity index (χ1) is 10.6. The van der Waals surface area contributed by atoms with Gasteiger partial charge >= 0.3 is 0 Å². The second-order valence-electron chi connectivity index (χ2n) is 7.89. The molecule has 0 aromatic heterocycles. The van der Waals surface area contributed by atoms with E-state index in [0.717, 1.165) is 19.3 Å². The van der Waals surface area contributed by atoms with Crippen LogP contribution in [0.15, 0.2) is 18.2 Å². The molecule has 4 fully saturated rings. The highest BCUT2D eigenvalue weighted by Gasteiger charge is 2.58. The number of carbonyl (C=O) groups is 2. The number of fused-ring (bicyclic) bond motifs is 1. The lowest BCUT2D eigenvalue weighted by atomic mass is 9.52. The van der Waals surface area contributed by atoms with Crippen molar-refractivity contribution < 1.29 is 9.59 Å². The van der Waals surface area contributed by atoms with Crippen molar-refractivity contribution in [2.45, 2.75) is 44.1 Å². The minimum absolute atomic E-state index is 0.0954. The van der Waals surface area contributed by atoms with Crippen LogP contribution in [0.4, 0.5) is 5.69 Å². The minimum Gasteiger partial charge on any atom is -0.399 e. The SMILES string of the molecule is Nc1ccc2c(c1)C(=O)N(C13CC4CC(CC(C4)C1)C3)C2=O. The molecule has 4 bridgehead atoms. The number of nitrogens with zero attached hydrogens (tertiary/aromatic N) is 1. The van der Waals surface area contributed by atoms with Gasteiger partial charge in [-0.05, 0) is 74.5 Å². The molecule has 1 aliphatic heterocycles. The molecule has 1 aromatic carbocycles. The predicted molar refractivity (Wildman–Crippen MR) is 82.3 cm³/mol. The van der Waals surface area contributed by atoms with Gasteiger partial charge in [0.25, 0.3) is 11.8 Å². The van der Waals surface area contributed by atoms with E-state index in [-0.39, 0.29) is 17.4 Å². The van der Waals surface area contributed by atoms with Gasteiger partial charge in [-0.25, -0.2) is 0 Å². The van der Waals surface area contributed by atoms with Crippen LogP contribution in [0.2, 0.25) is 0 Å². The molecule has 0 saturated heterocycles. The van der Waals surface area contributed by atoms with E-state index in [1.807, 2.05) is 0 Å². The maximum atomic E-state index is 12.9. The molecule has 0 unspecified atom stereocenters. The summed E-state index contributed by atoms with van der Waals surface area (Å²) < 4.78 is 0. The fourth-order valence-electron chi connectivity index (χ4n) is 6.03. The largest absolute Gasteiger partial charge is 0.399 e. The molecular formula is C18H20N2O2. The summed E-state index contributed by atoms with van der Waals surface area (Å²) in [5, 5.41) is 0. The van der Waals surface area contributed by atoms with E-state index >= 15 is 0 Å². The standard InChI is InChI=1S/C18H20N2O2/c19-13-1-2-14-15(6-13)17(22)20(16(14)21)18-7-10-3-11(8-18)5-12(4-10)9-18/h1-2,6,10-12H,3-5,7-9,19H2. The smallest absolute Gasteiger partial charge is 0.262 e. The van der Waals surface area contributed by atoms with Gasteiger partial charge in [-0.15, -0.1) is 0 Å². The number of rotatable bonds is 1. The summed E-state index contributed by atoms with van der Waals surface area (Å²) in [7, 11) is 0. The van der Waals surface area contributed by atoms with Crippen molar-refractivity contribution in [2.75, 3.05) is 5.73 Å².